The van der Waals surface area contributed by atoms with Crippen molar-refractivity contribution in [3.63, 3.8) is 0 Å². The molecule has 0 amide bonds. The summed E-state index contributed by atoms with van der Waals surface area (Å²) < 4.78 is 45.0. The van der Waals surface area contributed by atoms with Crippen LogP contribution in [-0.4, -0.2) is 65.0 Å². The smallest absolute Gasteiger partial charge is 0.311 e. The van der Waals surface area contributed by atoms with E-state index in [2.05, 4.69) is 0 Å². The maximum absolute atomic E-state index is 13.0. The second-order valence-electron chi connectivity index (χ2n) is 9.89. The summed E-state index contributed by atoms with van der Waals surface area (Å²) in [7, 11) is -2.74. The Morgan fingerprint density at radius 1 is 0.973 bits per heavy atom. The van der Waals surface area contributed by atoms with Crippen molar-refractivity contribution in [3.05, 3.63) is 29.8 Å². The van der Waals surface area contributed by atoms with Crippen molar-refractivity contribution in [2.45, 2.75) is 65.2 Å². The quantitative estimate of drug-likeness (QED) is 0.143. The average Bonchev–Trinajstić information content (AvgIpc) is 2.84. The molecule has 1 aromatic carbocycles. The lowest BCUT2D eigenvalue weighted by Crippen LogP contribution is -2.41. The molecule has 0 saturated heterocycles. The molecule has 0 radical (unpaired) electrons. The molecule has 0 bridgehead atoms. The molecule has 0 spiro atoms. The summed E-state index contributed by atoms with van der Waals surface area (Å²) in [6.07, 6.45) is 0.669. The first-order chi connectivity index (χ1) is 17.2. The Morgan fingerprint density at radius 2 is 1.59 bits per heavy atom. The predicted molar refractivity (Wildman–Crippen MR) is 135 cm³/mol. The average molecular weight is 545 g/mol. The van der Waals surface area contributed by atoms with Crippen molar-refractivity contribution in [1.82, 2.24) is 0 Å². The number of ether oxygens (including phenoxy) is 3. The van der Waals surface area contributed by atoms with Gasteiger partial charge in [0.15, 0.2) is 0 Å². The Morgan fingerprint density at radius 3 is 2.14 bits per heavy atom. The molecule has 210 valence electrons. The maximum Gasteiger partial charge on any atom is 0.311 e. The van der Waals surface area contributed by atoms with Crippen molar-refractivity contribution in [2.75, 3.05) is 33.5 Å². The van der Waals surface area contributed by atoms with Crippen LogP contribution in [0.15, 0.2) is 29.2 Å². The molecule has 0 saturated carbocycles. The van der Waals surface area contributed by atoms with Gasteiger partial charge in [-0.2, -0.15) is 8.42 Å². The number of carbonyl (C=O) groups is 3. The molecule has 0 aliphatic rings. The van der Waals surface area contributed by atoms with E-state index in [0.29, 0.717) is 6.42 Å². The topological polar surface area (TPSA) is 142 Å². The Balaban J connectivity index is 2.87. The molecule has 10 nitrogen and oxygen atoms in total. The van der Waals surface area contributed by atoms with E-state index in [1.807, 2.05) is 6.92 Å². The molecule has 2 unspecified atom stereocenters. The lowest BCUT2D eigenvalue weighted by atomic mass is 9.69. The molecule has 0 aliphatic carbocycles. The largest absolute Gasteiger partial charge is 0.469 e. The summed E-state index contributed by atoms with van der Waals surface area (Å²) in [5, 5.41) is 9.00. The van der Waals surface area contributed by atoms with Gasteiger partial charge in [-0.15, -0.1) is 0 Å². The van der Waals surface area contributed by atoms with Crippen molar-refractivity contribution >= 4 is 28.0 Å². The lowest BCUT2D eigenvalue weighted by molar-refractivity contribution is -0.164. The Kier molecular flexibility index (Phi) is 12.7. The molecule has 11 heteroatoms. The van der Waals surface area contributed by atoms with Crippen molar-refractivity contribution in [3.8, 4) is 0 Å². The Bertz CT molecular complexity index is 1000. The summed E-state index contributed by atoms with van der Waals surface area (Å²) in [5.74, 6) is -2.46. The van der Waals surface area contributed by atoms with Gasteiger partial charge < -0.3 is 19.3 Å². The fourth-order valence-electron chi connectivity index (χ4n) is 4.07. The molecule has 0 aromatic heterocycles. The van der Waals surface area contributed by atoms with Gasteiger partial charge in [0.05, 0.1) is 35.4 Å². The van der Waals surface area contributed by atoms with E-state index in [9.17, 15) is 22.8 Å². The molecule has 37 heavy (non-hydrogen) atoms. The number of hydrogen-bond donors (Lipinski definition) is 1. The predicted octanol–water partition coefficient (Wildman–Crippen LogP) is 3.18. The van der Waals surface area contributed by atoms with Crippen LogP contribution in [0.2, 0.25) is 0 Å². The Hall–Kier alpha value is -2.50. The number of methoxy groups -OCH3 is 1. The third kappa shape index (κ3) is 10.1. The molecular weight excluding hydrogens is 504 g/mol. The molecule has 1 aromatic rings. The van der Waals surface area contributed by atoms with Crippen LogP contribution in [0.1, 0.15) is 58.9 Å². The number of aliphatic hydroxyl groups is 1. The summed E-state index contributed by atoms with van der Waals surface area (Å²) in [6.45, 7) is 7.67. The van der Waals surface area contributed by atoms with Gasteiger partial charge in [0.2, 0.25) is 0 Å². The highest BCUT2D eigenvalue weighted by molar-refractivity contribution is 7.86. The number of esters is 3. The number of carbonyl (C=O) groups excluding carboxylic acids is 3. The van der Waals surface area contributed by atoms with Crippen LogP contribution >= 0.6 is 0 Å². The first-order valence-electron chi connectivity index (χ1n) is 12.2. The normalized spacial score (nSPS) is 14.4. The van der Waals surface area contributed by atoms with E-state index in [-0.39, 0.29) is 50.6 Å². The Labute approximate surface area is 219 Å². The summed E-state index contributed by atoms with van der Waals surface area (Å²) >= 11 is 0. The SMILES string of the molecule is CCC(CC(C)(CC(C)(C)C(=O)OC)C(=O)OCCCO)C(=O)OCCOS(=O)(=O)c1ccc(C)cc1. The molecule has 0 aliphatic heterocycles. The van der Waals surface area contributed by atoms with Gasteiger partial charge in [-0.1, -0.05) is 24.6 Å². The number of hydrogen-bond acceptors (Lipinski definition) is 10. The molecule has 0 fully saturated rings. The van der Waals surface area contributed by atoms with Crippen molar-refractivity contribution < 1.29 is 46.3 Å². The standard InChI is InChI=1S/C26H40O10S/c1-7-20(22(28)34-15-16-36-37(31,32)21-11-9-19(2)10-12-21)17-26(5,24(30)35-14-8-13-27)18-25(3,4)23(29)33-6/h9-12,20,27H,7-8,13-18H2,1-6H3. The second kappa shape index (κ2) is 14.4. The minimum absolute atomic E-state index is 0.000408. The zero-order valence-corrected chi connectivity index (χ0v) is 23.4. The van der Waals surface area contributed by atoms with E-state index in [1.54, 1.807) is 39.8 Å². The highest BCUT2D eigenvalue weighted by atomic mass is 32.2. The lowest BCUT2D eigenvalue weighted by Gasteiger charge is -2.35. The second-order valence-corrected chi connectivity index (χ2v) is 11.5. The van der Waals surface area contributed by atoms with E-state index >= 15 is 0 Å². The molecule has 2 atom stereocenters. The molecule has 1 N–H and O–H groups in total. The monoisotopic (exact) mass is 544 g/mol. The maximum atomic E-state index is 13.0. The molecular formula is C26H40O10S. The van der Waals surface area contributed by atoms with E-state index in [4.69, 9.17) is 23.5 Å². The minimum atomic E-state index is -4.00. The first-order valence-corrected chi connectivity index (χ1v) is 13.6. The van der Waals surface area contributed by atoms with Crippen molar-refractivity contribution in [1.29, 1.82) is 0 Å². The van der Waals surface area contributed by atoms with Crippen LogP contribution in [0, 0.1) is 23.7 Å². The molecule has 0 heterocycles. The summed E-state index contributed by atoms with van der Waals surface area (Å²) in [4.78, 5) is 38.1. The highest BCUT2D eigenvalue weighted by Crippen LogP contribution is 2.41. The number of rotatable bonds is 16. The third-order valence-corrected chi connectivity index (χ3v) is 7.32. The van der Waals surface area contributed by atoms with Crippen LogP contribution in [0.4, 0.5) is 0 Å². The number of benzene rings is 1. The minimum Gasteiger partial charge on any atom is -0.469 e. The van der Waals surface area contributed by atoms with Gasteiger partial charge in [-0.05, 0) is 59.1 Å². The van der Waals surface area contributed by atoms with E-state index in [0.717, 1.165) is 5.56 Å². The zero-order valence-electron chi connectivity index (χ0n) is 22.6. The number of aryl methyl sites for hydroxylation is 1. The van der Waals surface area contributed by atoms with Gasteiger partial charge in [-0.3, -0.25) is 18.6 Å². The van der Waals surface area contributed by atoms with Crippen LogP contribution in [0.3, 0.4) is 0 Å². The fourth-order valence-corrected chi connectivity index (χ4v) is 4.96. The van der Waals surface area contributed by atoms with Gasteiger partial charge in [0, 0.05) is 13.0 Å². The third-order valence-electron chi connectivity index (χ3n) is 6.00. The summed E-state index contributed by atoms with van der Waals surface area (Å²) in [5.41, 5.74) is -1.38. The van der Waals surface area contributed by atoms with Crippen LogP contribution in [-0.2, 0) is 42.9 Å². The highest BCUT2D eigenvalue weighted by Gasteiger charge is 2.46. The van der Waals surface area contributed by atoms with E-state index in [1.165, 1.54) is 19.2 Å². The van der Waals surface area contributed by atoms with Crippen LogP contribution < -0.4 is 0 Å². The van der Waals surface area contributed by atoms with Gasteiger partial charge in [0.1, 0.15) is 13.2 Å². The van der Waals surface area contributed by atoms with E-state index < -0.39 is 44.8 Å². The zero-order chi connectivity index (χ0) is 28.3. The summed E-state index contributed by atoms with van der Waals surface area (Å²) in [6, 6.07) is 6.16. The van der Waals surface area contributed by atoms with Crippen molar-refractivity contribution in [2.24, 2.45) is 16.7 Å². The van der Waals surface area contributed by atoms with Gasteiger partial charge in [-0.25, -0.2) is 0 Å². The van der Waals surface area contributed by atoms with Gasteiger partial charge >= 0.3 is 17.9 Å². The fraction of sp³-hybridized carbons (Fsp3) is 0.654. The number of aliphatic hydroxyl groups excluding tert-OH is 1. The van der Waals surface area contributed by atoms with Crippen LogP contribution in [0.25, 0.3) is 0 Å². The first kappa shape index (κ1) is 32.5. The van der Waals surface area contributed by atoms with Gasteiger partial charge in [0.25, 0.3) is 10.1 Å². The van der Waals surface area contributed by atoms with Crippen LogP contribution in [0.5, 0.6) is 0 Å². The molecule has 1 rings (SSSR count).